The van der Waals surface area contributed by atoms with Gasteiger partial charge in [0.2, 0.25) is 0 Å². The summed E-state index contributed by atoms with van der Waals surface area (Å²) in [4.78, 5) is 30.2. The predicted molar refractivity (Wildman–Crippen MR) is 114 cm³/mol. The van der Waals surface area contributed by atoms with Crippen LogP contribution < -0.4 is 17.2 Å². The van der Waals surface area contributed by atoms with Crippen LogP contribution in [0.3, 0.4) is 0 Å². The average molecular weight is 422 g/mol. The van der Waals surface area contributed by atoms with E-state index in [1.54, 1.807) is 41.5 Å². The molecular weight excluding hydrogens is 378 g/mol. The zero-order valence-corrected chi connectivity index (χ0v) is 19.1. The predicted octanol–water partition coefficient (Wildman–Crippen LogP) is 1.94. The SMILES string of the molecule is C1CCCCC1.CC(C)(C)OC(=O)CN.CC(C)(C)OC(=O)CN.NCC(=O)O. The summed E-state index contributed by atoms with van der Waals surface area (Å²) in [6.45, 7) is 10.5. The van der Waals surface area contributed by atoms with Gasteiger partial charge in [-0.3, -0.25) is 14.4 Å². The molecule has 0 spiro atoms. The molecule has 1 saturated carbocycles. The molecule has 0 amide bonds. The van der Waals surface area contributed by atoms with Crippen LogP contribution in [0.5, 0.6) is 0 Å². The number of carbonyl (C=O) groups excluding carboxylic acids is 2. The van der Waals surface area contributed by atoms with E-state index in [2.05, 4.69) is 5.73 Å². The first-order valence-electron chi connectivity index (χ1n) is 9.94. The highest BCUT2D eigenvalue weighted by Gasteiger charge is 2.14. The smallest absolute Gasteiger partial charge is 0.320 e. The van der Waals surface area contributed by atoms with Gasteiger partial charge in [0.1, 0.15) is 11.2 Å². The molecule has 9 heteroatoms. The molecule has 1 aliphatic carbocycles. The molecule has 9 nitrogen and oxygen atoms in total. The number of nitrogens with two attached hydrogens (primary N) is 3. The highest BCUT2D eigenvalue weighted by Crippen LogP contribution is 2.15. The van der Waals surface area contributed by atoms with Crippen molar-refractivity contribution in [2.24, 2.45) is 17.2 Å². The molecule has 1 fully saturated rings. The number of esters is 2. The van der Waals surface area contributed by atoms with Gasteiger partial charge in [-0.05, 0) is 41.5 Å². The van der Waals surface area contributed by atoms with Gasteiger partial charge < -0.3 is 31.8 Å². The molecule has 0 aromatic carbocycles. The van der Waals surface area contributed by atoms with E-state index in [4.69, 9.17) is 26.0 Å². The molecule has 0 bridgehead atoms. The Bertz CT molecular complexity index is 399. The fraction of sp³-hybridized carbons (Fsp3) is 0.850. The van der Waals surface area contributed by atoms with Gasteiger partial charge >= 0.3 is 17.9 Å². The third-order valence-electron chi connectivity index (χ3n) is 2.85. The lowest BCUT2D eigenvalue weighted by Crippen LogP contribution is -2.28. The van der Waals surface area contributed by atoms with Gasteiger partial charge in [0.15, 0.2) is 0 Å². The van der Waals surface area contributed by atoms with Gasteiger partial charge in [-0.1, -0.05) is 38.5 Å². The largest absolute Gasteiger partial charge is 0.480 e. The van der Waals surface area contributed by atoms with Crippen molar-refractivity contribution in [2.45, 2.75) is 91.3 Å². The molecule has 0 saturated heterocycles. The average Bonchev–Trinajstić information content (AvgIpc) is 2.61. The second-order valence-electron chi connectivity index (χ2n) is 8.30. The highest BCUT2D eigenvalue weighted by molar-refractivity contribution is 5.72. The number of hydrogen-bond acceptors (Lipinski definition) is 8. The van der Waals surface area contributed by atoms with Crippen LogP contribution in [-0.2, 0) is 23.9 Å². The molecule has 0 aromatic rings. The van der Waals surface area contributed by atoms with Crippen LogP contribution in [0.1, 0.15) is 80.1 Å². The fourth-order valence-electron chi connectivity index (χ4n) is 1.83. The lowest BCUT2D eigenvalue weighted by atomic mass is 10.0. The minimum absolute atomic E-state index is 0.0444. The van der Waals surface area contributed by atoms with Crippen molar-refractivity contribution in [2.75, 3.05) is 19.6 Å². The van der Waals surface area contributed by atoms with Gasteiger partial charge in [-0.2, -0.15) is 0 Å². The molecule has 7 N–H and O–H groups in total. The van der Waals surface area contributed by atoms with Crippen molar-refractivity contribution in [3.8, 4) is 0 Å². The lowest BCUT2D eigenvalue weighted by Gasteiger charge is -2.18. The molecule has 0 heterocycles. The van der Waals surface area contributed by atoms with Crippen LogP contribution in [0, 0.1) is 0 Å². The molecule has 29 heavy (non-hydrogen) atoms. The molecule has 0 aliphatic heterocycles. The van der Waals surface area contributed by atoms with Crippen molar-refractivity contribution in [3.05, 3.63) is 0 Å². The molecule has 0 atom stereocenters. The van der Waals surface area contributed by atoms with Crippen molar-refractivity contribution >= 4 is 17.9 Å². The number of carboxylic acids is 1. The number of carboxylic acid groups (broad SMARTS) is 1. The zero-order valence-electron chi connectivity index (χ0n) is 19.1. The highest BCUT2D eigenvalue weighted by atomic mass is 16.6. The Morgan fingerprint density at radius 2 is 0.862 bits per heavy atom. The van der Waals surface area contributed by atoms with E-state index < -0.39 is 17.2 Å². The number of aliphatic carboxylic acids is 1. The van der Waals surface area contributed by atoms with Gasteiger partial charge in [0.05, 0.1) is 19.6 Å². The Morgan fingerprint density at radius 3 is 0.931 bits per heavy atom. The minimum Gasteiger partial charge on any atom is -0.480 e. The molecule has 1 aliphatic rings. The number of rotatable bonds is 3. The van der Waals surface area contributed by atoms with Crippen LogP contribution >= 0.6 is 0 Å². The maximum absolute atomic E-state index is 10.5. The van der Waals surface area contributed by atoms with Gasteiger partial charge in [-0.15, -0.1) is 0 Å². The van der Waals surface area contributed by atoms with Crippen LogP contribution in [-0.4, -0.2) is 53.9 Å². The summed E-state index contributed by atoms with van der Waals surface area (Å²) < 4.78 is 9.65. The van der Waals surface area contributed by atoms with Crippen LogP contribution in [0.2, 0.25) is 0 Å². The van der Waals surface area contributed by atoms with Gasteiger partial charge in [0.25, 0.3) is 0 Å². The normalized spacial score (nSPS) is 13.1. The van der Waals surface area contributed by atoms with E-state index in [-0.39, 0.29) is 31.6 Å². The quantitative estimate of drug-likeness (QED) is 0.497. The summed E-state index contributed by atoms with van der Waals surface area (Å²) in [5, 5.41) is 7.60. The molecule has 1 rings (SSSR count). The Morgan fingerprint density at radius 1 is 0.655 bits per heavy atom. The fourth-order valence-corrected chi connectivity index (χ4v) is 1.83. The number of ether oxygens (including phenoxy) is 2. The molecule has 0 unspecified atom stereocenters. The Kier molecular flexibility index (Phi) is 20.2. The van der Waals surface area contributed by atoms with Crippen molar-refractivity contribution in [3.63, 3.8) is 0 Å². The standard InChI is InChI=1S/2C6H13NO2.C6H12.C2H5NO2/c2*1-6(2,3)9-5(8)4-7;1-2-4-6-5-3-1;3-1-2(4)5/h2*4,7H2,1-3H3;1-6H2;1,3H2,(H,4,5). The van der Waals surface area contributed by atoms with Crippen LogP contribution in [0.15, 0.2) is 0 Å². The summed E-state index contributed by atoms with van der Waals surface area (Å²) in [5.74, 6) is -1.69. The first-order chi connectivity index (χ1) is 13.2. The van der Waals surface area contributed by atoms with E-state index >= 15 is 0 Å². The zero-order chi connectivity index (χ0) is 23.5. The van der Waals surface area contributed by atoms with E-state index in [9.17, 15) is 14.4 Å². The van der Waals surface area contributed by atoms with E-state index in [1.807, 2.05) is 0 Å². The van der Waals surface area contributed by atoms with E-state index in [1.165, 1.54) is 38.5 Å². The summed E-state index contributed by atoms with van der Waals surface area (Å²) in [6, 6.07) is 0. The third-order valence-corrected chi connectivity index (χ3v) is 2.85. The lowest BCUT2D eigenvalue weighted by molar-refractivity contribution is -0.154. The van der Waals surface area contributed by atoms with Crippen molar-refractivity contribution in [1.82, 2.24) is 0 Å². The first kappa shape index (κ1) is 32.0. The van der Waals surface area contributed by atoms with Crippen molar-refractivity contribution < 1.29 is 29.0 Å². The maximum atomic E-state index is 10.5. The van der Waals surface area contributed by atoms with Crippen molar-refractivity contribution in [1.29, 1.82) is 0 Å². The van der Waals surface area contributed by atoms with Crippen LogP contribution in [0.25, 0.3) is 0 Å². The van der Waals surface area contributed by atoms with Crippen LogP contribution in [0.4, 0.5) is 0 Å². The Labute approximate surface area is 175 Å². The van der Waals surface area contributed by atoms with Gasteiger partial charge in [0, 0.05) is 0 Å². The van der Waals surface area contributed by atoms with E-state index in [0.29, 0.717) is 0 Å². The second-order valence-corrected chi connectivity index (χ2v) is 8.30. The second kappa shape index (κ2) is 18.3. The summed E-state index contributed by atoms with van der Waals surface area (Å²) in [7, 11) is 0. The molecule has 0 radical (unpaired) electrons. The Balaban J connectivity index is -0.000000319. The van der Waals surface area contributed by atoms with E-state index in [0.717, 1.165) is 0 Å². The number of carbonyl (C=O) groups is 3. The molecule has 0 aromatic heterocycles. The summed E-state index contributed by atoms with van der Waals surface area (Å²) in [6.07, 6.45) is 9.00. The molecular formula is C20H43N3O6. The maximum Gasteiger partial charge on any atom is 0.320 e. The number of hydrogen-bond donors (Lipinski definition) is 4. The summed E-state index contributed by atoms with van der Waals surface area (Å²) in [5.41, 5.74) is 13.8. The third kappa shape index (κ3) is 37.7. The minimum atomic E-state index is -0.968. The summed E-state index contributed by atoms with van der Waals surface area (Å²) >= 11 is 0. The van der Waals surface area contributed by atoms with Gasteiger partial charge in [-0.25, -0.2) is 0 Å². The first-order valence-corrected chi connectivity index (χ1v) is 9.94. The topological polar surface area (TPSA) is 168 Å². The molecule has 174 valence electrons. The Hall–Kier alpha value is -1.71. The monoisotopic (exact) mass is 421 g/mol.